The van der Waals surface area contributed by atoms with Gasteiger partial charge in [0, 0.05) is 0 Å². The van der Waals surface area contributed by atoms with Crippen LogP contribution in [0.15, 0.2) is 17.5 Å². The number of rotatable bonds is 5. The van der Waals surface area contributed by atoms with Crippen LogP contribution in [0.25, 0.3) is 0 Å². The van der Waals surface area contributed by atoms with E-state index >= 15 is 0 Å². The zero-order valence-corrected chi connectivity index (χ0v) is 15.3. The van der Waals surface area contributed by atoms with Crippen molar-refractivity contribution in [1.29, 1.82) is 0 Å². The van der Waals surface area contributed by atoms with Crippen molar-refractivity contribution in [3.8, 4) is 0 Å². The van der Waals surface area contributed by atoms with E-state index in [0.717, 1.165) is 17.7 Å². The van der Waals surface area contributed by atoms with Gasteiger partial charge in [-0.3, -0.25) is 39.7 Å². The molecular weight excluding hydrogens is 374 g/mol. The largest absolute Gasteiger partial charge is 0.454 e. The second-order valence-electron chi connectivity index (χ2n) is 6.40. The number of hydrogen-bond acceptors (Lipinski definition) is 7. The Kier molecular flexibility index (Phi) is 5.84. The number of esters is 1. The lowest BCUT2D eigenvalue weighted by Crippen LogP contribution is -2.44. The van der Waals surface area contributed by atoms with Crippen LogP contribution in [0.1, 0.15) is 35.4 Å². The van der Waals surface area contributed by atoms with Crippen LogP contribution in [0.4, 0.5) is 0 Å². The van der Waals surface area contributed by atoms with Crippen LogP contribution in [-0.2, 0) is 23.9 Å². The van der Waals surface area contributed by atoms with Crippen LogP contribution < -0.4 is 10.9 Å². The molecule has 1 aromatic heterocycles. The van der Waals surface area contributed by atoms with Gasteiger partial charge in [0.2, 0.25) is 11.8 Å². The summed E-state index contributed by atoms with van der Waals surface area (Å²) in [6.45, 7) is -1.13. The first kappa shape index (κ1) is 19.0. The van der Waals surface area contributed by atoms with E-state index in [9.17, 15) is 24.0 Å². The Morgan fingerprint density at radius 2 is 1.78 bits per heavy atom. The standard InChI is InChI=1S/C17H19N3O6S/c21-13(18-19-15(23)12-6-3-7-27-12)9-26-14(22)8-20-16(24)10-4-1-2-5-11(10)17(20)25/h3,6-7,10-11H,1-2,4-5,8-9H2,(H,18,21)(H,19,23)/t10-,11-/m1/s1. The van der Waals surface area contributed by atoms with Crippen molar-refractivity contribution in [2.75, 3.05) is 13.2 Å². The minimum absolute atomic E-state index is 0.338. The number of hydrazine groups is 1. The maximum Gasteiger partial charge on any atom is 0.326 e. The van der Waals surface area contributed by atoms with Gasteiger partial charge < -0.3 is 4.74 Å². The number of imide groups is 1. The number of likely N-dealkylation sites (tertiary alicyclic amines) is 1. The maximum absolute atomic E-state index is 12.3. The Labute approximate surface area is 159 Å². The lowest BCUT2D eigenvalue weighted by atomic mass is 9.81. The number of amides is 4. The molecule has 0 radical (unpaired) electrons. The summed E-state index contributed by atoms with van der Waals surface area (Å²) in [5.41, 5.74) is 4.31. The quantitative estimate of drug-likeness (QED) is 0.419. The SMILES string of the molecule is O=C(COC(=O)CN1C(=O)[C@@H]2CCCC[C@H]2C1=O)NNC(=O)c1cccs1. The molecule has 1 aromatic rings. The Balaban J connectivity index is 1.41. The zero-order chi connectivity index (χ0) is 19.4. The topological polar surface area (TPSA) is 122 Å². The molecule has 1 saturated carbocycles. The first-order valence-corrected chi connectivity index (χ1v) is 9.49. The Morgan fingerprint density at radius 3 is 2.37 bits per heavy atom. The summed E-state index contributed by atoms with van der Waals surface area (Å²) >= 11 is 1.21. The molecule has 27 heavy (non-hydrogen) atoms. The second kappa shape index (κ2) is 8.30. The van der Waals surface area contributed by atoms with Gasteiger partial charge in [-0.25, -0.2) is 0 Å². The van der Waals surface area contributed by atoms with E-state index in [1.807, 2.05) is 0 Å². The molecule has 2 fully saturated rings. The molecular formula is C17H19N3O6S. The van der Waals surface area contributed by atoms with Crippen molar-refractivity contribution in [3.63, 3.8) is 0 Å². The molecule has 1 saturated heterocycles. The predicted molar refractivity (Wildman–Crippen MR) is 93.1 cm³/mol. The summed E-state index contributed by atoms with van der Waals surface area (Å²) in [5, 5.41) is 1.72. The van der Waals surface area contributed by atoms with Crippen LogP contribution in [0.2, 0.25) is 0 Å². The minimum atomic E-state index is -0.852. The van der Waals surface area contributed by atoms with Crippen molar-refractivity contribution < 1.29 is 28.7 Å². The fraction of sp³-hybridized carbons (Fsp3) is 0.471. The van der Waals surface area contributed by atoms with Crippen LogP contribution in [0.5, 0.6) is 0 Å². The number of fused-ring (bicyclic) bond motifs is 1. The van der Waals surface area contributed by atoms with E-state index in [0.29, 0.717) is 17.7 Å². The molecule has 2 atom stereocenters. The Hall–Kier alpha value is -2.75. The summed E-state index contributed by atoms with van der Waals surface area (Å²) in [6.07, 6.45) is 3.12. The fourth-order valence-electron chi connectivity index (χ4n) is 3.34. The highest BCUT2D eigenvalue weighted by molar-refractivity contribution is 7.12. The number of hydrogen-bond donors (Lipinski definition) is 2. The number of thiophene rings is 1. The highest BCUT2D eigenvalue weighted by Crippen LogP contribution is 2.37. The number of carbonyl (C=O) groups is 5. The molecule has 1 aliphatic carbocycles. The third-order valence-corrected chi connectivity index (χ3v) is 5.51. The van der Waals surface area contributed by atoms with Crippen molar-refractivity contribution in [3.05, 3.63) is 22.4 Å². The van der Waals surface area contributed by atoms with E-state index < -0.39 is 30.9 Å². The molecule has 1 aliphatic heterocycles. The first-order chi connectivity index (χ1) is 13.0. The highest BCUT2D eigenvalue weighted by atomic mass is 32.1. The third-order valence-electron chi connectivity index (χ3n) is 4.64. The van der Waals surface area contributed by atoms with Gasteiger partial charge in [-0.2, -0.15) is 0 Å². The van der Waals surface area contributed by atoms with Gasteiger partial charge in [0.25, 0.3) is 11.8 Å². The first-order valence-electron chi connectivity index (χ1n) is 8.61. The van der Waals surface area contributed by atoms with Gasteiger partial charge in [-0.15, -0.1) is 11.3 Å². The van der Waals surface area contributed by atoms with Crippen molar-refractivity contribution in [2.45, 2.75) is 25.7 Å². The molecule has 2 aliphatic rings. The molecule has 0 unspecified atom stereocenters. The second-order valence-corrected chi connectivity index (χ2v) is 7.35. The normalized spacial score (nSPS) is 21.6. The summed E-state index contributed by atoms with van der Waals surface area (Å²) in [4.78, 5) is 61.1. The van der Waals surface area contributed by atoms with Crippen molar-refractivity contribution in [2.24, 2.45) is 11.8 Å². The third kappa shape index (κ3) is 4.33. The molecule has 0 aromatic carbocycles. The molecule has 2 heterocycles. The van der Waals surface area contributed by atoms with E-state index in [4.69, 9.17) is 4.74 Å². The summed E-state index contributed by atoms with van der Waals surface area (Å²) in [6, 6.07) is 3.29. The average Bonchev–Trinajstić information content (AvgIpc) is 3.29. The number of ether oxygens (including phenoxy) is 1. The molecule has 0 spiro atoms. The van der Waals surface area contributed by atoms with Crippen molar-refractivity contribution >= 4 is 40.9 Å². The summed E-state index contributed by atoms with van der Waals surface area (Å²) in [7, 11) is 0. The molecule has 3 rings (SSSR count). The van der Waals surface area contributed by atoms with Crippen LogP contribution in [0, 0.1) is 11.8 Å². The van der Waals surface area contributed by atoms with Gasteiger partial charge in [0.15, 0.2) is 6.61 Å². The summed E-state index contributed by atoms with van der Waals surface area (Å²) < 4.78 is 4.79. The van der Waals surface area contributed by atoms with E-state index in [-0.39, 0.29) is 23.7 Å². The van der Waals surface area contributed by atoms with E-state index in [2.05, 4.69) is 10.9 Å². The van der Waals surface area contributed by atoms with Crippen molar-refractivity contribution in [1.82, 2.24) is 15.8 Å². The van der Waals surface area contributed by atoms with Gasteiger partial charge >= 0.3 is 5.97 Å². The molecule has 9 nitrogen and oxygen atoms in total. The van der Waals surface area contributed by atoms with Crippen LogP contribution in [0.3, 0.4) is 0 Å². The smallest absolute Gasteiger partial charge is 0.326 e. The zero-order valence-electron chi connectivity index (χ0n) is 14.4. The lowest BCUT2D eigenvalue weighted by molar-refractivity contribution is -0.155. The molecule has 144 valence electrons. The van der Waals surface area contributed by atoms with Gasteiger partial charge in [0.05, 0.1) is 16.7 Å². The molecule has 10 heteroatoms. The molecule has 0 bridgehead atoms. The monoisotopic (exact) mass is 393 g/mol. The average molecular weight is 393 g/mol. The van der Waals surface area contributed by atoms with E-state index in [1.54, 1.807) is 17.5 Å². The van der Waals surface area contributed by atoms with Crippen LogP contribution >= 0.6 is 11.3 Å². The lowest BCUT2D eigenvalue weighted by Gasteiger charge is -2.19. The molecule has 4 amide bonds. The predicted octanol–water partition coefficient (Wildman–Crippen LogP) is 0.228. The molecule has 2 N–H and O–H groups in total. The maximum atomic E-state index is 12.3. The fourth-order valence-corrected chi connectivity index (χ4v) is 3.96. The number of nitrogens with zero attached hydrogens (tertiary/aromatic N) is 1. The Bertz CT molecular complexity index is 739. The number of nitrogens with one attached hydrogen (secondary N) is 2. The Morgan fingerprint density at radius 1 is 1.11 bits per heavy atom. The minimum Gasteiger partial charge on any atom is -0.454 e. The van der Waals surface area contributed by atoms with Gasteiger partial charge in [-0.05, 0) is 24.3 Å². The summed E-state index contributed by atoms with van der Waals surface area (Å²) in [5.74, 6) is -3.43. The van der Waals surface area contributed by atoms with Crippen LogP contribution in [-0.4, -0.2) is 47.6 Å². The van der Waals surface area contributed by atoms with Gasteiger partial charge in [0.1, 0.15) is 6.54 Å². The number of carbonyl (C=O) groups excluding carboxylic acids is 5. The van der Waals surface area contributed by atoms with Gasteiger partial charge in [-0.1, -0.05) is 18.9 Å². The highest BCUT2D eigenvalue weighted by Gasteiger charge is 2.48. The van der Waals surface area contributed by atoms with E-state index in [1.165, 1.54) is 11.3 Å².